The van der Waals surface area contributed by atoms with Gasteiger partial charge in [-0.2, -0.15) is 5.10 Å². The van der Waals surface area contributed by atoms with Crippen LogP contribution in [0.3, 0.4) is 0 Å². The van der Waals surface area contributed by atoms with Crippen molar-refractivity contribution >= 4 is 23.0 Å². The van der Waals surface area contributed by atoms with Crippen molar-refractivity contribution in [1.82, 2.24) is 10.4 Å². The van der Waals surface area contributed by atoms with Gasteiger partial charge in [-0.05, 0) is 55.2 Å². The Balaban J connectivity index is 1.63. The second-order valence-corrected chi connectivity index (χ2v) is 7.20. The summed E-state index contributed by atoms with van der Waals surface area (Å²) in [6.45, 7) is 0. The fourth-order valence-corrected chi connectivity index (χ4v) is 3.68. The molecule has 3 aromatic rings. The third kappa shape index (κ3) is 4.09. The minimum atomic E-state index is -0.306. The number of aromatic nitrogens is 1. The van der Waals surface area contributed by atoms with E-state index in [1.807, 2.05) is 30.5 Å². The van der Waals surface area contributed by atoms with Crippen molar-refractivity contribution in [2.75, 3.05) is 0 Å². The average molecular weight is 375 g/mol. The zero-order valence-corrected chi connectivity index (χ0v) is 15.6. The van der Waals surface area contributed by atoms with E-state index in [0.717, 1.165) is 23.8 Å². The van der Waals surface area contributed by atoms with Gasteiger partial charge in [0, 0.05) is 17.2 Å². The molecule has 0 aliphatic heterocycles. The highest BCUT2D eigenvalue weighted by Gasteiger charge is 2.14. The first-order valence-corrected chi connectivity index (χ1v) is 9.70. The molecular weight excluding hydrogens is 353 g/mol. The largest absolute Gasteiger partial charge is 0.272 e. The number of halogens is 1. The minimum Gasteiger partial charge on any atom is -0.267 e. The number of fused-ring (bicyclic) bond motifs is 1. The third-order valence-corrected chi connectivity index (χ3v) is 5.20. The number of amides is 1. The van der Waals surface area contributed by atoms with Crippen LogP contribution >= 0.6 is 0 Å². The number of nitrogens with one attached hydrogen (secondary N) is 1. The van der Waals surface area contributed by atoms with Crippen LogP contribution < -0.4 is 5.43 Å². The number of pyridine rings is 1. The first-order valence-electron chi connectivity index (χ1n) is 9.70. The molecule has 2 aromatic carbocycles. The molecule has 1 aliphatic carbocycles. The summed E-state index contributed by atoms with van der Waals surface area (Å²) in [6, 6.07) is 15.3. The lowest BCUT2D eigenvalue weighted by atomic mass is 9.90. The van der Waals surface area contributed by atoms with E-state index in [1.165, 1.54) is 31.4 Å². The van der Waals surface area contributed by atoms with Gasteiger partial charge in [0.05, 0.1) is 16.8 Å². The molecule has 0 unspecified atom stereocenters. The molecule has 0 atom stereocenters. The van der Waals surface area contributed by atoms with Crippen LogP contribution in [-0.2, 0) is 0 Å². The Hall–Kier alpha value is -3.08. The molecule has 0 saturated heterocycles. The number of carbonyl (C=O) groups excluding carboxylic acids is 1. The predicted octanol–water partition coefficient (Wildman–Crippen LogP) is 5.34. The summed E-state index contributed by atoms with van der Waals surface area (Å²) in [5.41, 5.74) is 5.27. The van der Waals surface area contributed by atoms with Crippen molar-refractivity contribution < 1.29 is 9.18 Å². The van der Waals surface area contributed by atoms with E-state index in [1.54, 1.807) is 18.2 Å². The Bertz CT molecular complexity index is 1010. The fourth-order valence-electron chi connectivity index (χ4n) is 3.68. The molecule has 142 valence electrons. The number of benzene rings is 2. The highest BCUT2D eigenvalue weighted by Crippen LogP contribution is 2.25. The highest BCUT2D eigenvalue weighted by molar-refractivity contribution is 6.07. The van der Waals surface area contributed by atoms with Crippen LogP contribution in [0.4, 0.5) is 4.39 Å². The van der Waals surface area contributed by atoms with Gasteiger partial charge in [0.15, 0.2) is 0 Å². The van der Waals surface area contributed by atoms with Gasteiger partial charge < -0.3 is 0 Å². The number of hydrogen-bond donors (Lipinski definition) is 1. The summed E-state index contributed by atoms with van der Waals surface area (Å²) in [5.74, 6) is -0.133. The van der Waals surface area contributed by atoms with Gasteiger partial charge in [-0.3, -0.25) is 4.79 Å². The zero-order chi connectivity index (χ0) is 19.3. The van der Waals surface area contributed by atoms with E-state index < -0.39 is 0 Å². The average Bonchev–Trinajstić information content (AvgIpc) is 2.74. The zero-order valence-electron chi connectivity index (χ0n) is 15.6. The van der Waals surface area contributed by atoms with Crippen molar-refractivity contribution in [3.63, 3.8) is 0 Å². The molecular formula is C23H22FN3O. The van der Waals surface area contributed by atoms with E-state index in [-0.39, 0.29) is 11.7 Å². The second-order valence-electron chi connectivity index (χ2n) is 7.20. The molecule has 1 aromatic heterocycles. The molecule has 4 rings (SSSR count). The van der Waals surface area contributed by atoms with Gasteiger partial charge in [-0.25, -0.2) is 14.8 Å². The number of para-hydroxylation sites is 1. The molecule has 0 spiro atoms. The monoisotopic (exact) mass is 375 g/mol. The maximum atomic E-state index is 13.3. The quantitative estimate of drug-likeness (QED) is 0.494. The summed E-state index contributed by atoms with van der Waals surface area (Å²) in [6.07, 6.45) is 7.85. The predicted molar refractivity (Wildman–Crippen MR) is 110 cm³/mol. The van der Waals surface area contributed by atoms with Crippen LogP contribution in [0, 0.1) is 11.7 Å². The lowest BCUT2D eigenvalue weighted by Crippen LogP contribution is -2.20. The normalized spacial score (nSPS) is 15.2. The molecule has 0 bridgehead atoms. The van der Waals surface area contributed by atoms with Gasteiger partial charge in [0.25, 0.3) is 5.91 Å². The summed E-state index contributed by atoms with van der Waals surface area (Å²) >= 11 is 0. The Labute approximate surface area is 163 Å². The van der Waals surface area contributed by atoms with Crippen LogP contribution in [-0.4, -0.2) is 17.1 Å². The standard InChI is InChI=1S/C23H22FN3O/c24-18-12-10-17(11-13-18)22-14-20(19-8-4-5-9-21(19)26-22)23(28)27-25-15-16-6-2-1-3-7-16/h4-5,8-16H,1-3,6-7H2,(H,27,28)/b25-15-. The first-order chi connectivity index (χ1) is 13.7. The van der Waals surface area contributed by atoms with Crippen LogP contribution in [0.1, 0.15) is 42.5 Å². The molecule has 1 aliphatic rings. The number of rotatable bonds is 4. The van der Waals surface area contributed by atoms with Gasteiger partial charge in [-0.15, -0.1) is 0 Å². The van der Waals surface area contributed by atoms with Crippen LogP contribution in [0.2, 0.25) is 0 Å². The third-order valence-electron chi connectivity index (χ3n) is 5.20. The Morgan fingerprint density at radius 2 is 1.82 bits per heavy atom. The SMILES string of the molecule is O=C(N/N=C\C1CCCCC1)c1cc(-c2ccc(F)cc2)nc2ccccc12. The molecule has 28 heavy (non-hydrogen) atoms. The Morgan fingerprint density at radius 3 is 2.61 bits per heavy atom. The van der Waals surface area contributed by atoms with E-state index in [9.17, 15) is 9.18 Å². The number of hydrazone groups is 1. The van der Waals surface area contributed by atoms with Gasteiger partial charge in [0.2, 0.25) is 0 Å². The molecule has 1 fully saturated rings. The maximum Gasteiger partial charge on any atom is 0.272 e. The van der Waals surface area contributed by atoms with Gasteiger partial charge >= 0.3 is 0 Å². The number of hydrogen-bond acceptors (Lipinski definition) is 3. The second kappa shape index (κ2) is 8.30. The summed E-state index contributed by atoms with van der Waals surface area (Å²) in [7, 11) is 0. The smallest absolute Gasteiger partial charge is 0.267 e. The van der Waals surface area contributed by atoms with Crippen molar-refractivity contribution in [3.8, 4) is 11.3 Å². The van der Waals surface area contributed by atoms with E-state index in [0.29, 0.717) is 22.7 Å². The van der Waals surface area contributed by atoms with Crippen molar-refractivity contribution in [3.05, 3.63) is 66.0 Å². The fraction of sp³-hybridized carbons (Fsp3) is 0.261. The molecule has 1 amide bonds. The first kappa shape index (κ1) is 18.3. The molecule has 0 radical (unpaired) electrons. The Morgan fingerprint density at radius 1 is 1.07 bits per heavy atom. The molecule has 1 heterocycles. The summed E-state index contributed by atoms with van der Waals surface area (Å²) in [4.78, 5) is 17.5. The lowest BCUT2D eigenvalue weighted by molar-refractivity contribution is 0.0956. The maximum absolute atomic E-state index is 13.3. The van der Waals surface area contributed by atoms with Crippen molar-refractivity contribution in [2.45, 2.75) is 32.1 Å². The van der Waals surface area contributed by atoms with Crippen molar-refractivity contribution in [2.24, 2.45) is 11.0 Å². The topological polar surface area (TPSA) is 54.4 Å². The summed E-state index contributed by atoms with van der Waals surface area (Å²) in [5, 5.41) is 4.96. The summed E-state index contributed by atoms with van der Waals surface area (Å²) < 4.78 is 13.3. The highest BCUT2D eigenvalue weighted by atomic mass is 19.1. The van der Waals surface area contributed by atoms with Crippen LogP contribution in [0.25, 0.3) is 22.2 Å². The lowest BCUT2D eigenvalue weighted by Gasteiger charge is -2.16. The molecule has 1 N–H and O–H groups in total. The van der Waals surface area contributed by atoms with E-state index in [2.05, 4.69) is 15.5 Å². The molecule has 1 saturated carbocycles. The van der Waals surface area contributed by atoms with Crippen molar-refractivity contribution in [1.29, 1.82) is 0 Å². The number of carbonyl (C=O) groups is 1. The van der Waals surface area contributed by atoms with Crippen LogP contribution in [0.15, 0.2) is 59.7 Å². The van der Waals surface area contributed by atoms with E-state index in [4.69, 9.17) is 0 Å². The van der Waals surface area contributed by atoms with E-state index >= 15 is 0 Å². The Kier molecular flexibility index (Phi) is 5.42. The van der Waals surface area contributed by atoms with Gasteiger partial charge in [-0.1, -0.05) is 37.5 Å². The minimum absolute atomic E-state index is 0.269. The van der Waals surface area contributed by atoms with Gasteiger partial charge in [0.1, 0.15) is 5.82 Å². The molecule has 5 heteroatoms. The number of nitrogens with zero attached hydrogens (tertiary/aromatic N) is 2. The van der Waals surface area contributed by atoms with Crippen LogP contribution in [0.5, 0.6) is 0 Å². The molecule has 4 nitrogen and oxygen atoms in total.